The Kier molecular flexibility index (Phi) is 3.42. The molecule has 2 aromatic heterocycles. The standard InChI is InChI=1S/C17H19N3O2/c21-10-8-12-5-3-4-9-20(12)17-16-15(18-11-19-17)13-6-1-2-7-14(13)22-16/h1-2,6-7,11-12,21H,3-5,8-10H2/t12-/m0/s1. The van der Waals surface area contributed by atoms with Crippen molar-refractivity contribution in [2.45, 2.75) is 31.7 Å². The molecule has 0 bridgehead atoms. The van der Waals surface area contributed by atoms with Gasteiger partial charge in [0, 0.05) is 24.6 Å². The van der Waals surface area contributed by atoms with E-state index in [1.165, 1.54) is 6.42 Å². The van der Waals surface area contributed by atoms with Gasteiger partial charge in [0.25, 0.3) is 0 Å². The van der Waals surface area contributed by atoms with Crippen molar-refractivity contribution in [3.63, 3.8) is 0 Å². The van der Waals surface area contributed by atoms with E-state index >= 15 is 0 Å². The Labute approximate surface area is 128 Å². The van der Waals surface area contributed by atoms with Crippen molar-refractivity contribution in [3.8, 4) is 0 Å². The predicted molar refractivity (Wildman–Crippen MR) is 86.0 cm³/mol. The predicted octanol–water partition coefficient (Wildman–Crippen LogP) is 3.12. The lowest BCUT2D eigenvalue weighted by Gasteiger charge is -2.36. The van der Waals surface area contributed by atoms with E-state index in [-0.39, 0.29) is 6.61 Å². The van der Waals surface area contributed by atoms with Gasteiger partial charge in [0.1, 0.15) is 17.4 Å². The first-order valence-electron chi connectivity index (χ1n) is 7.88. The number of para-hydroxylation sites is 1. The van der Waals surface area contributed by atoms with E-state index in [1.54, 1.807) is 6.33 Å². The van der Waals surface area contributed by atoms with Gasteiger partial charge in [-0.15, -0.1) is 0 Å². The van der Waals surface area contributed by atoms with Crippen LogP contribution in [0.5, 0.6) is 0 Å². The number of fused-ring (bicyclic) bond motifs is 3. The van der Waals surface area contributed by atoms with Gasteiger partial charge in [-0.1, -0.05) is 12.1 Å². The highest BCUT2D eigenvalue weighted by molar-refractivity contribution is 6.05. The van der Waals surface area contributed by atoms with Crippen LogP contribution in [-0.2, 0) is 0 Å². The molecule has 1 aromatic carbocycles. The molecule has 1 aliphatic rings. The van der Waals surface area contributed by atoms with Gasteiger partial charge >= 0.3 is 0 Å². The lowest BCUT2D eigenvalue weighted by atomic mass is 9.99. The number of furan rings is 1. The molecule has 114 valence electrons. The molecule has 0 radical (unpaired) electrons. The molecule has 1 aliphatic heterocycles. The zero-order valence-corrected chi connectivity index (χ0v) is 12.4. The molecule has 3 aromatic rings. The van der Waals surface area contributed by atoms with E-state index in [0.29, 0.717) is 6.04 Å². The van der Waals surface area contributed by atoms with Crippen molar-refractivity contribution in [1.29, 1.82) is 0 Å². The molecule has 3 heterocycles. The molecule has 1 fully saturated rings. The van der Waals surface area contributed by atoms with Gasteiger partial charge in [0.05, 0.1) is 0 Å². The van der Waals surface area contributed by atoms with Crippen molar-refractivity contribution in [2.24, 2.45) is 0 Å². The Morgan fingerprint density at radius 3 is 3.05 bits per heavy atom. The van der Waals surface area contributed by atoms with Crippen LogP contribution in [-0.4, -0.2) is 34.3 Å². The van der Waals surface area contributed by atoms with Gasteiger partial charge in [-0.2, -0.15) is 0 Å². The van der Waals surface area contributed by atoms with E-state index in [1.807, 2.05) is 24.3 Å². The fourth-order valence-electron chi connectivity index (χ4n) is 3.44. The third-order valence-corrected chi connectivity index (χ3v) is 4.50. The maximum Gasteiger partial charge on any atom is 0.196 e. The number of nitrogens with zero attached hydrogens (tertiary/aromatic N) is 3. The Bertz CT molecular complexity index is 797. The lowest BCUT2D eigenvalue weighted by Crippen LogP contribution is -2.40. The van der Waals surface area contributed by atoms with Crippen LogP contribution in [0.1, 0.15) is 25.7 Å². The van der Waals surface area contributed by atoms with E-state index < -0.39 is 0 Å². The van der Waals surface area contributed by atoms with Gasteiger partial charge in [-0.25, -0.2) is 9.97 Å². The van der Waals surface area contributed by atoms with Crippen LogP contribution in [0.25, 0.3) is 22.1 Å². The van der Waals surface area contributed by atoms with E-state index in [0.717, 1.165) is 53.7 Å². The summed E-state index contributed by atoms with van der Waals surface area (Å²) in [6.07, 6.45) is 5.82. The summed E-state index contributed by atoms with van der Waals surface area (Å²) < 4.78 is 6.03. The van der Waals surface area contributed by atoms with Crippen molar-refractivity contribution in [1.82, 2.24) is 9.97 Å². The normalized spacial score (nSPS) is 19.1. The van der Waals surface area contributed by atoms with Crippen LogP contribution >= 0.6 is 0 Å². The van der Waals surface area contributed by atoms with Crippen LogP contribution in [0.2, 0.25) is 0 Å². The highest BCUT2D eigenvalue weighted by Crippen LogP contribution is 2.35. The summed E-state index contributed by atoms with van der Waals surface area (Å²) in [5.41, 5.74) is 2.47. The molecule has 1 atom stereocenters. The van der Waals surface area contributed by atoms with Gasteiger partial charge in [-0.05, 0) is 37.8 Å². The maximum atomic E-state index is 9.33. The Balaban J connectivity index is 1.86. The Hall–Kier alpha value is -2.14. The first kappa shape index (κ1) is 13.5. The second kappa shape index (κ2) is 5.57. The zero-order chi connectivity index (χ0) is 14.9. The molecule has 1 saturated heterocycles. The van der Waals surface area contributed by atoms with Gasteiger partial charge in [0.15, 0.2) is 11.4 Å². The third kappa shape index (κ3) is 2.13. The molecule has 0 amide bonds. The SMILES string of the molecule is OCC[C@@H]1CCCCN1c1ncnc2c1oc1ccccc12. The molecule has 0 saturated carbocycles. The maximum absolute atomic E-state index is 9.33. The smallest absolute Gasteiger partial charge is 0.196 e. The number of hydrogen-bond donors (Lipinski definition) is 1. The molecule has 4 rings (SSSR count). The van der Waals surface area contributed by atoms with Crippen LogP contribution in [0.15, 0.2) is 35.0 Å². The summed E-state index contributed by atoms with van der Waals surface area (Å²) in [6, 6.07) is 8.27. The Morgan fingerprint density at radius 1 is 1.23 bits per heavy atom. The first-order chi connectivity index (χ1) is 10.9. The summed E-state index contributed by atoms with van der Waals surface area (Å²) in [7, 11) is 0. The number of benzene rings is 1. The minimum atomic E-state index is 0.204. The highest BCUT2D eigenvalue weighted by Gasteiger charge is 2.26. The number of aliphatic hydroxyl groups is 1. The fourth-order valence-corrected chi connectivity index (χ4v) is 3.44. The van der Waals surface area contributed by atoms with Crippen molar-refractivity contribution in [3.05, 3.63) is 30.6 Å². The summed E-state index contributed by atoms with van der Waals surface area (Å²) in [5.74, 6) is 0.861. The van der Waals surface area contributed by atoms with Crippen LogP contribution in [0.3, 0.4) is 0 Å². The fraction of sp³-hybridized carbons (Fsp3) is 0.412. The first-order valence-corrected chi connectivity index (χ1v) is 7.88. The number of piperidine rings is 1. The molecular formula is C17H19N3O2. The quantitative estimate of drug-likeness (QED) is 0.804. The van der Waals surface area contributed by atoms with Crippen molar-refractivity contribution < 1.29 is 9.52 Å². The molecule has 0 unspecified atom stereocenters. The van der Waals surface area contributed by atoms with Crippen LogP contribution < -0.4 is 4.90 Å². The molecular weight excluding hydrogens is 278 g/mol. The number of hydrogen-bond acceptors (Lipinski definition) is 5. The zero-order valence-electron chi connectivity index (χ0n) is 12.4. The minimum absolute atomic E-state index is 0.204. The van der Waals surface area contributed by atoms with Gasteiger partial charge in [-0.3, -0.25) is 0 Å². The second-order valence-corrected chi connectivity index (χ2v) is 5.83. The van der Waals surface area contributed by atoms with E-state index in [9.17, 15) is 5.11 Å². The van der Waals surface area contributed by atoms with Crippen molar-refractivity contribution >= 4 is 27.9 Å². The van der Waals surface area contributed by atoms with Crippen molar-refractivity contribution in [2.75, 3.05) is 18.1 Å². The van der Waals surface area contributed by atoms with Crippen LogP contribution in [0, 0.1) is 0 Å². The summed E-state index contributed by atoms with van der Waals surface area (Å²) in [6.45, 7) is 1.16. The average Bonchev–Trinajstić information content (AvgIpc) is 2.94. The molecule has 5 heteroatoms. The molecule has 0 aliphatic carbocycles. The van der Waals surface area contributed by atoms with Gasteiger partial charge in [0.2, 0.25) is 0 Å². The van der Waals surface area contributed by atoms with E-state index in [2.05, 4.69) is 14.9 Å². The summed E-state index contributed by atoms with van der Waals surface area (Å²) >= 11 is 0. The highest BCUT2D eigenvalue weighted by atomic mass is 16.3. The number of rotatable bonds is 3. The van der Waals surface area contributed by atoms with Crippen LogP contribution in [0.4, 0.5) is 5.82 Å². The summed E-state index contributed by atoms with van der Waals surface area (Å²) in [5, 5.41) is 10.4. The third-order valence-electron chi connectivity index (χ3n) is 4.50. The molecule has 0 spiro atoms. The van der Waals surface area contributed by atoms with E-state index in [4.69, 9.17) is 4.42 Å². The summed E-state index contributed by atoms with van der Waals surface area (Å²) in [4.78, 5) is 11.2. The second-order valence-electron chi connectivity index (χ2n) is 5.83. The monoisotopic (exact) mass is 297 g/mol. The lowest BCUT2D eigenvalue weighted by molar-refractivity contribution is 0.262. The Morgan fingerprint density at radius 2 is 2.14 bits per heavy atom. The topological polar surface area (TPSA) is 62.4 Å². The largest absolute Gasteiger partial charge is 0.450 e. The number of aliphatic hydroxyl groups excluding tert-OH is 1. The molecule has 1 N–H and O–H groups in total. The minimum Gasteiger partial charge on any atom is -0.450 e. The molecule has 22 heavy (non-hydrogen) atoms. The molecule has 5 nitrogen and oxygen atoms in total. The number of aromatic nitrogens is 2. The number of anilines is 1. The van der Waals surface area contributed by atoms with Gasteiger partial charge < -0.3 is 14.4 Å². The average molecular weight is 297 g/mol.